The summed E-state index contributed by atoms with van der Waals surface area (Å²) in [6.45, 7) is 0. The standard InChI is InChI=1S/C24H14O4/c25-19-13-23(27-21-10-3-1-8-17(19)21)15-6-5-7-16(12-15)24-14-20(26)18-9-2-4-11-22(18)28-24/h1-14H. The highest BCUT2D eigenvalue weighted by Crippen LogP contribution is 2.28. The van der Waals surface area contributed by atoms with E-state index in [1.807, 2.05) is 36.4 Å². The molecule has 2 heterocycles. The number of rotatable bonds is 2. The van der Waals surface area contributed by atoms with Crippen molar-refractivity contribution in [1.82, 2.24) is 0 Å². The number of fused-ring (bicyclic) bond motifs is 2. The van der Waals surface area contributed by atoms with Crippen LogP contribution in [0.25, 0.3) is 44.6 Å². The Morgan fingerprint density at radius 1 is 0.500 bits per heavy atom. The highest BCUT2D eigenvalue weighted by atomic mass is 16.3. The third-order valence-electron chi connectivity index (χ3n) is 4.70. The normalized spacial score (nSPS) is 11.1. The van der Waals surface area contributed by atoms with Gasteiger partial charge in [0.25, 0.3) is 0 Å². The number of benzene rings is 3. The molecule has 28 heavy (non-hydrogen) atoms. The van der Waals surface area contributed by atoms with Crippen molar-refractivity contribution in [3.8, 4) is 22.6 Å². The fourth-order valence-electron chi connectivity index (χ4n) is 3.32. The van der Waals surface area contributed by atoms with E-state index in [0.717, 1.165) is 11.1 Å². The van der Waals surface area contributed by atoms with Crippen LogP contribution in [0, 0.1) is 0 Å². The summed E-state index contributed by atoms with van der Waals surface area (Å²) >= 11 is 0. The fraction of sp³-hybridized carbons (Fsp3) is 0. The Balaban J connectivity index is 1.67. The summed E-state index contributed by atoms with van der Waals surface area (Å²) < 4.78 is 11.8. The molecule has 5 rings (SSSR count). The third-order valence-corrected chi connectivity index (χ3v) is 4.70. The molecule has 0 aliphatic carbocycles. The molecule has 0 aliphatic heterocycles. The van der Waals surface area contributed by atoms with Crippen molar-refractivity contribution in [2.24, 2.45) is 0 Å². The number of hydrogen-bond acceptors (Lipinski definition) is 4. The molecule has 0 atom stereocenters. The Labute approximate surface area is 159 Å². The van der Waals surface area contributed by atoms with Gasteiger partial charge in [-0.15, -0.1) is 0 Å². The van der Waals surface area contributed by atoms with Crippen LogP contribution in [0.5, 0.6) is 0 Å². The van der Waals surface area contributed by atoms with Crippen molar-refractivity contribution < 1.29 is 8.83 Å². The lowest BCUT2D eigenvalue weighted by atomic mass is 10.1. The molecule has 0 amide bonds. The lowest BCUT2D eigenvalue weighted by molar-refractivity contribution is 0.616. The van der Waals surface area contributed by atoms with E-state index in [-0.39, 0.29) is 10.9 Å². The first-order chi connectivity index (χ1) is 13.7. The van der Waals surface area contributed by atoms with Crippen LogP contribution in [0.4, 0.5) is 0 Å². The molecule has 2 aromatic heterocycles. The molecule has 134 valence electrons. The van der Waals surface area contributed by atoms with Gasteiger partial charge in [-0.1, -0.05) is 42.5 Å². The van der Waals surface area contributed by atoms with Gasteiger partial charge in [-0.25, -0.2) is 0 Å². The first-order valence-electron chi connectivity index (χ1n) is 8.86. The maximum atomic E-state index is 12.4. The van der Waals surface area contributed by atoms with Gasteiger partial charge in [0.15, 0.2) is 10.9 Å². The van der Waals surface area contributed by atoms with Crippen LogP contribution in [0.2, 0.25) is 0 Å². The molecule has 4 nitrogen and oxygen atoms in total. The van der Waals surface area contributed by atoms with Crippen molar-refractivity contribution in [3.63, 3.8) is 0 Å². The van der Waals surface area contributed by atoms with Gasteiger partial charge in [0.1, 0.15) is 22.7 Å². The predicted molar refractivity (Wildman–Crippen MR) is 109 cm³/mol. The number of hydrogen-bond donors (Lipinski definition) is 0. The topological polar surface area (TPSA) is 60.4 Å². The summed E-state index contributed by atoms with van der Waals surface area (Å²) in [7, 11) is 0. The summed E-state index contributed by atoms with van der Waals surface area (Å²) in [6, 6.07) is 24.7. The molecule has 0 bridgehead atoms. The van der Waals surface area contributed by atoms with Gasteiger partial charge in [-0.05, 0) is 30.3 Å². The van der Waals surface area contributed by atoms with Gasteiger partial charge in [-0.2, -0.15) is 0 Å². The van der Waals surface area contributed by atoms with E-state index >= 15 is 0 Å². The van der Waals surface area contributed by atoms with Crippen LogP contribution in [0.15, 0.2) is 103 Å². The van der Waals surface area contributed by atoms with E-state index in [9.17, 15) is 9.59 Å². The average Bonchev–Trinajstić information content (AvgIpc) is 2.74. The summed E-state index contributed by atoms with van der Waals surface area (Å²) in [6.07, 6.45) is 0. The first kappa shape index (κ1) is 16.3. The molecule has 0 saturated heterocycles. The van der Waals surface area contributed by atoms with Crippen molar-refractivity contribution in [2.45, 2.75) is 0 Å². The lowest BCUT2D eigenvalue weighted by Crippen LogP contribution is -2.00. The predicted octanol–water partition coefficient (Wildman–Crippen LogP) is 5.23. The Morgan fingerprint density at radius 2 is 0.964 bits per heavy atom. The second-order valence-corrected chi connectivity index (χ2v) is 6.52. The van der Waals surface area contributed by atoms with Crippen molar-refractivity contribution in [3.05, 3.63) is 105 Å². The second-order valence-electron chi connectivity index (χ2n) is 6.52. The maximum Gasteiger partial charge on any atom is 0.193 e. The van der Waals surface area contributed by atoms with Gasteiger partial charge < -0.3 is 8.83 Å². The molecule has 0 radical (unpaired) electrons. The summed E-state index contributed by atoms with van der Waals surface area (Å²) in [5.41, 5.74) is 2.34. The van der Waals surface area contributed by atoms with E-state index < -0.39 is 0 Å². The average molecular weight is 366 g/mol. The van der Waals surface area contributed by atoms with Crippen LogP contribution in [-0.2, 0) is 0 Å². The molecule has 5 aromatic rings. The zero-order valence-corrected chi connectivity index (χ0v) is 14.7. The molecule has 3 aromatic carbocycles. The first-order valence-corrected chi connectivity index (χ1v) is 8.86. The Kier molecular flexibility index (Phi) is 3.69. The minimum Gasteiger partial charge on any atom is -0.456 e. The van der Waals surface area contributed by atoms with Gasteiger partial charge in [0, 0.05) is 23.3 Å². The molecule has 0 spiro atoms. The largest absolute Gasteiger partial charge is 0.456 e. The number of para-hydroxylation sites is 2. The quantitative estimate of drug-likeness (QED) is 0.429. The molecular weight excluding hydrogens is 352 g/mol. The van der Waals surface area contributed by atoms with Gasteiger partial charge in [0.05, 0.1) is 10.8 Å². The molecule has 0 fully saturated rings. The van der Waals surface area contributed by atoms with Crippen LogP contribution in [0.1, 0.15) is 0 Å². The molecule has 0 aliphatic rings. The van der Waals surface area contributed by atoms with Crippen molar-refractivity contribution in [1.29, 1.82) is 0 Å². The van der Waals surface area contributed by atoms with E-state index in [4.69, 9.17) is 8.83 Å². The molecule has 0 N–H and O–H groups in total. The van der Waals surface area contributed by atoms with Crippen LogP contribution >= 0.6 is 0 Å². The second kappa shape index (κ2) is 6.35. The zero-order valence-electron chi connectivity index (χ0n) is 14.7. The SMILES string of the molecule is O=c1cc(-c2cccc(-c3cc(=O)c4ccccc4o3)c2)oc2ccccc12. The van der Waals surface area contributed by atoms with E-state index in [0.29, 0.717) is 33.5 Å². The Morgan fingerprint density at radius 3 is 1.46 bits per heavy atom. The van der Waals surface area contributed by atoms with E-state index in [2.05, 4.69) is 0 Å². The summed E-state index contributed by atoms with van der Waals surface area (Å²) in [4.78, 5) is 24.8. The zero-order chi connectivity index (χ0) is 19.1. The smallest absolute Gasteiger partial charge is 0.193 e. The monoisotopic (exact) mass is 366 g/mol. The molecule has 0 unspecified atom stereocenters. The third kappa shape index (κ3) is 2.72. The minimum absolute atomic E-state index is 0.0977. The van der Waals surface area contributed by atoms with Gasteiger partial charge in [0.2, 0.25) is 0 Å². The minimum atomic E-state index is -0.0977. The van der Waals surface area contributed by atoms with Gasteiger partial charge >= 0.3 is 0 Å². The van der Waals surface area contributed by atoms with Crippen molar-refractivity contribution >= 4 is 21.9 Å². The molecule has 4 heteroatoms. The summed E-state index contributed by atoms with van der Waals surface area (Å²) in [5.74, 6) is 0.933. The Hall–Kier alpha value is -3.92. The van der Waals surface area contributed by atoms with E-state index in [1.165, 1.54) is 12.1 Å². The van der Waals surface area contributed by atoms with Crippen LogP contribution in [0.3, 0.4) is 0 Å². The van der Waals surface area contributed by atoms with Crippen LogP contribution < -0.4 is 10.9 Å². The highest BCUT2D eigenvalue weighted by Gasteiger charge is 2.10. The van der Waals surface area contributed by atoms with Crippen LogP contribution in [-0.4, -0.2) is 0 Å². The maximum absolute atomic E-state index is 12.4. The van der Waals surface area contributed by atoms with E-state index in [1.54, 1.807) is 36.4 Å². The highest BCUT2D eigenvalue weighted by molar-refractivity contribution is 5.81. The molecular formula is C24H14O4. The summed E-state index contributed by atoms with van der Waals surface area (Å²) in [5, 5.41) is 1.09. The lowest BCUT2D eigenvalue weighted by Gasteiger charge is -2.07. The molecule has 0 saturated carbocycles. The van der Waals surface area contributed by atoms with Gasteiger partial charge in [-0.3, -0.25) is 9.59 Å². The fourth-order valence-corrected chi connectivity index (χ4v) is 3.32. The Bertz CT molecular complexity index is 1350. The van der Waals surface area contributed by atoms with Crippen molar-refractivity contribution in [2.75, 3.05) is 0 Å².